The molecule has 0 aliphatic rings. The third kappa shape index (κ3) is 5.52. The Balaban J connectivity index is 2.55. The Morgan fingerprint density at radius 1 is 1.28 bits per heavy atom. The molecule has 0 spiro atoms. The molecule has 0 aromatic heterocycles. The molecule has 0 fully saturated rings. The van der Waals surface area contributed by atoms with E-state index in [9.17, 15) is 0 Å². The Labute approximate surface area is 111 Å². The summed E-state index contributed by atoms with van der Waals surface area (Å²) in [6, 6.07) is 10.7. The van der Waals surface area contributed by atoms with E-state index in [1.54, 1.807) is 7.11 Å². The SMILES string of the molecule is CCCCN(CC(N)CCOC)c1ccccc1. The maximum atomic E-state index is 6.15. The molecule has 0 bridgehead atoms. The molecule has 0 aliphatic heterocycles. The van der Waals surface area contributed by atoms with E-state index < -0.39 is 0 Å². The van der Waals surface area contributed by atoms with E-state index in [-0.39, 0.29) is 6.04 Å². The zero-order chi connectivity index (χ0) is 13.2. The van der Waals surface area contributed by atoms with Crippen LogP contribution in [0.3, 0.4) is 0 Å². The molecule has 0 heterocycles. The van der Waals surface area contributed by atoms with Gasteiger partial charge in [0.25, 0.3) is 0 Å². The summed E-state index contributed by atoms with van der Waals surface area (Å²) in [6.07, 6.45) is 3.31. The lowest BCUT2D eigenvalue weighted by molar-refractivity contribution is 0.188. The molecule has 0 saturated heterocycles. The van der Waals surface area contributed by atoms with Crippen molar-refractivity contribution in [3.05, 3.63) is 30.3 Å². The summed E-state index contributed by atoms with van der Waals surface area (Å²) in [5.41, 5.74) is 7.41. The standard InChI is InChI=1S/C15H26N2O/c1-3-4-11-17(13-14(16)10-12-18-2)15-8-6-5-7-9-15/h5-9,14H,3-4,10-13,16H2,1-2H3. The Morgan fingerprint density at radius 2 is 2.00 bits per heavy atom. The van der Waals surface area contributed by atoms with Gasteiger partial charge in [-0.15, -0.1) is 0 Å². The number of methoxy groups -OCH3 is 1. The van der Waals surface area contributed by atoms with Crippen LogP contribution < -0.4 is 10.6 Å². The number of para-hydroxylation sites is 1. The van der Waals surface area contributed by atoms with Crippen molar-refractivity contribution in [1.82, 2.24) is 0 Å². The van der Waals surface area contributed by atoms with Crippen molar-refractivity contribution in [2.24, 2.45) is 5.73 Å². The van der Waals surface area contributed by atoms with E-state index in [1.165, 1.54) is 18.5 Å². The van der Waals surface area contributed by atoms with Gasteiger partial charge in [0.05, 0.1) is 0 Å². The fourth-order valence-corrected chi connectivity index (χ4v) is 1.96. The molecule has 3 nitrogen and oxygen atoms in total. The average molecular weight is 250 g/mol. The number of rotatable bonds is 9. The van der Waals surface area contributed by atoms with Crippen molar-refractivity contribution in [3.8, 4) is 0 Å². The molecule has 2 N–H and O–H groups in total. The van der Waals surface area contributed by atoms with Crippen LogP contribution >= 0.6 is 0 Å². The van der Waals surface area contributed by atoms with E-state index in [0.717, 1.165) is 26.1 Å². The zero-order valence-corrected chi connectivity index (χ0v) is 11.6. The summed E-state index contributed by atoms with van der Waals surface area (Å²) in [5.74, 6) is 0. The number of benzene rings is 1. The molecule has 18 heavy (non-hydrogen) atoms. The van der Waals surface area contributed by atoms with E-state index in [0.29, 0.717) is 0 Å². The minimum absolute atomic E-state index is 0.169. The van der Waals surface area contributed by atoms with Crippen molar-refractivity contribution in [1.29, 1.82) is 0 Å². The number of anilines is 1. The maximum absolute atomic E-state index is 6.15. The summed E-state index contributed by atoms with van der Waals surface area (Å²) in [7, 11) is 1.72. The van der Waals surface area contributed by atoms with Crippen LogP contribution in [0.2, 0.25) is 0 Å². The minimum atomic E-state index is 0.169. The van der Waals surface area contributed by atoms with Gasteiger partial charge in [0.15, 0.2) is 0 Å². The topological polar surface area (TPSA) is 38.5 Å². The Hall–Kier alpha value is -1.06. The van der Waals surface area contributed by atoms with Crippen LogP contribution in [0, 0.1) is 0 Å². The van der Waals surface area contributed by atoms with Crippen molar-refractivity contribution in [2.45, 2.75) is 32.2 Å². The van der Waals surface area contributed by atoms with E-state index >= 15 is 0 Å². The first-order chi connectivity index (χ1) is 8.77. The predicted molar refractivity (Wildman–Crippen MR) is 78.0 cm³/mol. The van der Waals surface area contributed by atoms with E-state index in [4.69, 9.17) is 10.5 Å². The number of ether oxygens (including phenoxy) is 1. The Morgan fingerprint density at radius 3 is 2.61 bits per heavy atom. The molecule has 0 radical (unpaired) electrons. The molecule has 0 saturated carbocycles. The van der Waals surface area contributed by atoms with Gasteiger partial charge in [-0.3, -0.25) is 0 Å². The highest BCUT2D eigenvalue weighted by Gasteiger charge is 2.10. The van der Waals surface area contributed by atoms with Crippen molar-refractivity contribution in [3.63, 3.8) is 0 Å². The van der Waals surface area contributed by atoms with Crippen molar-refractivity contribution in [2.75, 3.05) is 31.7 Å². The summed E-state index contributed by atoms with van der Waals surface area (Å²) >= 11 is 0. The van der Waals surface area contributed by atoms with Gasteiger partial charge in [-0.25, -0.2) is 0 Å². The first-order valence-electron chi connectivity index (χ1n) is 6.82. The van der Waals surface area contributed by atoms with E-state index in [1.807, 2.05) is 6.07 Å². The fraction of sp³-hybridized carbons (Fsp3) is 0.600. The number of unbranched alkanes of at least 4 members (excludes halogenated alkanes) is 1. The van der Waals surface area contributed by atoms with Crippen LogP contribution in [0.15, 0.2) is 30.3 Å². The van der Waals surface area contributed by atoms with Crippen LogP contribution in [0.5, 0.6) is 0 Å². The summed E-state index contributed by atoms with van der Waals surface area (Å²) in [6.45, 7) is 4.92. The van der Waals surface area contributed by atoms with Gasteiger partial charge < -0.3 is 15.4 Å². The second-order valence-corrected chi connectivity index (χ2v) is 4.68. The molecule has 0 aliphatic carbocycles. The maximum Gasteiger partial charge on any atom is 0.0477 e. The van der Waals surface area contributed by atoms with Crippen LogP contribution in [-0.2, 0) is 4.74 Å². The highest BCUT2D eigenvalue weighted by molar-refractivity contribution is 5.46. The Kier molecular flexibility index (Phi) is 7.46. The molecular formula is C15H26N2O. The minimum Gasteiger partial charge on any atom is -0.385 e. The second-order valence-electron chi connectivity index (χ2n) is 4.68. The van der Waals surface area contributed by atoms with E-state index in [2.05, 4.69) is 36.1 Å². The summed E-state index contributed by atoms with van der Waals surface area (Å²) in [4.78, 5) is 2.38. The van der Waals surface area contributed by atoms with Crippen LogP contribution in [0.1, 0.15) is 26.2 Å². The fourth-order valence-electron chi connectivity index (χ4n) is 1.96. The molecule has 1 atom stereocenters. The van der Waals surface area contributed by atoms with Gasteiger partial charge in [0.2, 0.25) is 0 Å². The lowest BCUT2D eigenvalue weighted by Crippen LogP contribution is -2.38. The average Bonchev–Trinajstić information content (AvgIpc) is 2.42. The second kappa shape index (κ2) is 8.95. The quantitative estimate of drug-likeness (QED) is 0.732. The molecule has 0 amide bonds. The van der Waals surface area contributed by atoms with Crippen molar-refractivity contribution < 1.29 is 4.74 Å². The molecule has 1 unspecified atom stereocenters. The number of hydrogen-bond donors (Lipinski definition) is 1. The zero-order valence-electron chi connectivity index (χ0n) is 11.6. The molecule has 3 heteroatoms. The van der Waals surface area contributed by atoms with Crippen LogP contribution in [0.25, 0.3) is 0 Å². The largest absolute Gasteiger partial charge is 0.385 e. The molecule has 1 rings (SSSR count). The normalized spacial score (nSPS) is 12.4. The number of nitrogens with zero attached hydrogens (tertiary/aromatic N) is 1. The number of hydrogen-bond acceptors (Lipinski definition) is 3. The summed E-state index contributed by atoms with van der Waals surface area (Å²) in [5, 5.41) is 0. The molecule has 1 aromatic carbocycles. The first kappa shape index (κ1) is 15.0. The van der Waals surface area contributed by atoms with Crippen molar-refractivity contribution >= 4 is 5.69 Å². The predicted octanol–water partition coefficient (Wildman–Crippen LogP) is 2.66. The van der Waals surface area contributed by atoms with Gasteiger partial charge in [-0.1, -0.05) is 31.5 Å². The highest BCUT2D eigenvalue weighted by Crippen LogP contribution is 2.14. The molecule has 102 valence electrons. The highest BCUT2D eigenvalue weighted by atomic mass is 16.5. The van der Waals surface area contributed by atoms with Gasteiger partial charge in [-0.05, 0) is 25.0 Å². The van der Waals surface area contributed by atoms with Gasteiger partial charge in [0, 0.05) is 38.5 Å². The third-order valence-electron chi connectivity index (χ3n) is 3.05. The Bertz CT molecular complexity index is 303. The van der Waals surface area contributed by atoms with Gasteiger partial charge in [0.1, 0.15) is 0 Å². The first-order valence-corrected chi connectivity index (χ1v) is 6.82. The van der Waals surface area contributed by atoms with Gasteiger partial charge >= 0.3 is 0 Å². The van der Waals surface area contributed by atoms with Crippen LogP contribution in [0.4, 0.5) is 5.69 Å². The lowest BCUT2D eigenvalue weighted by atomic mass is 10.2. The van der Waals surface area contributed by atoms with Gasteiger partial charge in [-0.2, -0.15) is 0 Å². The third-order valence-corrected chi connectivity index (χ3v) is 3.05. The number of nitrogens with two attached hydrogens (primary N) is 1. The lowest BCUT2D eigenvalue weighted by Gasteiger charge is -2.27. The molecular weight excluding hydrogens is 224 g/mol. The molecule has 1 aromatic rings. The monoisotopic (exact) mass is 250 g/mol. The smallest absolute Gasteiger partial charge is 0.0477 e. The van der Waals surface area contributed by atoms with Crippen LogP contribution in [-0.4, -0.2) is 32.8 Å². The summed E-state index contributed by atoms with van der Waals surface area (Å²) < 4.78 is 5.08.